The van der Waals surface area contributed by atoms with E-state index in [1.807, 2.05) is 13.0 Å². The second-order valence-corrected chi connectivity index (χ2v) is 4.09. The lowest BCUT2D eigenvalue weighted by Crippen LogP contribution is -1.91. The third-order valence-electron chi connectivity index (χ3n) is 2.14. The number of nitrogens with zero attached hydrogens (tertiary/aromatic N) is 1. The molecule has 4 heteroatoms. The number of hydrogen-bond acceptors (Lipinski definition) is 2. The van der Waals surface area contributed by atoms with Crippen LogP contribution >= 0.6 is 23.2 Å². The van der Waals surface area contributed by atoms with E-state index in [0.29, 0.717) is 10.0 Å². The minimum Gasteiger partial charge on any atom is -0.496 e. The first kappa shape index (κ1) is 10.5. The first-order chi connectivity index (χ1) is 7.11. The van der Waals surface area contributed by atoms with Crippen LogP contribution in [0.15, 0.2) is 18.2 Å². The predicted molar refractivity (Wildman–Crippen MR) is 63.1 cm³/mol. The number of pyridine rings is 1. The quantitative estimate of drug-likeness (QED) is 0.757. The fourth-order valence-electron chi connectivity index (χ4n) is 1.54. The Bertz CT molecular complexity index is 520. The molecule has 0 spiro atoms. The molecule has 0 N–H and O–H groups in total. The van der Waals surface area contributed by atoms with Gasteiger partial charge in [-0.2, -0.15) is 0 Å². The maximum absolute atomic E-state index is 6.09. The molecule has 1 aromatic carbocycles. The summed E-state index contributed by atoms with van der Waals surface area (Å²) in [4.78, 5) is 4.36. The Hall–Kier alpha value is -0.990. The number of hydrogen-bond donors (Lipinski definition) is 0. The number of fused-ring (bicyclic) bond motifs is 1. The zero-order valence-corrected chi connectivity index (χ0v) is 9.86. The van der Waals surface area contributed by atoms with Crippen molar-refractivity contribution in [2.75, 3.05) is 7.11 Å². The molecule has 1 aromatic heterocycles. The summed E-state index contributed by atoms with van der Waals surface area (Å²) >= 11 is 12.0. The molecular formula is C11H9Cl2NO. The number of methoxy groups -OCH3 is 1. The van der Waals surface area contributed by atoms with Crippen LogP contribution in [0.25, 0.3) is 10.9 Å². The lowest BCUT2D eigenvalue weighted by atomic mass is 10.2. The molecule has 2 aromatic rings. The first-order valence-electron chi connectivity index (χ1n) is 4.42. The van der Waals surface area contributed by atoms with Crippen LogP contribution in [-0.2, 0) is 0 Å². The van der Waals surface area contributed by atoms with Crippen molar-refractivity contribution in [2.45, 2.75) is 6.92 Å². The van der Waals surface area contributed by atoms with Crippen LogP contribution in [0, 0.1) is 6.92 Å². The van der Waals surface area contributed by atoms with Crippen LogP contribution in [0.4, 0.5) is 0 Å². The summed E-state index contributed by atoms with van der Waals surface area (Å²) in [5, 5.41) is 1.93. The molecule has 0 saturated carbocycles. The Labute approximate surface area is 97.8 Å². The van der Waals surface area contributed by atoms with E-state index >= 15 is 0 Å². The number of aromatic nitrogens is 1. The van der Waals surface area contributed by atoms with Gasteiger partial charge in [-0.25, -0.2) is 0 Å². The van der Waals surface area contributed by atoms with Gasteiger partial charge in [0.15, 0.2) is 0 Å². The maximum atomic E-state index is 6.09. The highest BCUT2D eigenvalue weighted by atomic mass is 35.5. The smallest absolute Gasteiger partial charge is 0.131 e. The second-order valence-electron chi connectivity index (χ2n) is 3.25. The van der Waals surface area contributed by atoms with Gasteiger partial charge >= 0.3 is 0 Å². The average Bonchev–Trinajstić information content (AvgIpc) is 2.14. The Balaban J connectivity index is 2.90. The van der Waals surface area contributed by atoms with Crippen LogP contribution < -0.4 is 4.74 Å². The Morgan fingerprint density at radius 3 is 2.60 bits per heavy atom. The number of ether oxygens (including phenoxy) is 1. The molecule has 0 aliphatic carbocycles. The highest BCUT2D eigenvalue weighted by Gasteiger charge is 2.09. The maximum Gasteiger partial charge on any atom is 0.131 e. The van der Waals surface area contributed by atoms with Gasteiger partial charge in [-0.3, -0.25) is 4.98 Å². The van der Waals surface area contributed by atoms with Gasteiger partial charge in [-0.05, 0) is 19.1 Å². The summed E-state index contributed by atoms with van der Waals surface area (Å²) in [5.74, 6) is 0.721. The summed E-state index contributed by atoms with van der Waals surface area (Å²) in [6, 6.07) is 5.31. The molecule has 1 heterocycles. The summed E-state index contributed by atoms with van der Waals surface area (Å²) in [5.41, 5.74) is 1.63. The molecule has 0 amide bonds. The Morgan fingerprint density at radius 1 is 1.20 bits per heavy atom. The number of rotatable bonds is 1. The predicted octanol–water partition coefficient (Wildman–Crippen LogP) is 3.86. The minimum atomic E-state index is 0.557. The van der Waals surface area contributed by atoms with Gasteiger partial charge in [0.2, 0.25) is 0 Å². The second kappa shape index (κ2) is 3.87. The van der Waals surface area contributed by atoms with Gasteiger partial charge in [-0.15, -0.1) is 0 Å². The summed E-state index contributed by atoms with van der Waals surface area (Å²) < 4.78 is 5.26. The van der Waals surface area contributed by atoms with Crippen LogP contribution in [0.3, 0.4) is 0 Å². The SMILES string of the molecule is COc1cc(C)nc2cc(Cl)cc(Cl)c12. The summed E-state index contributed by atoms with van der Waals surface area (Å²) in [6.45, 7) is 1.90. The molecule has 0 saturated heterocycles. The molecule has 0 radical (unpaired) electrons. The van der Waals surface area contributed by atoms with Gasteiger partial charge in [0, 0.05) is 16.8 Å². The topological polar surface area (TPSA) is 22.1 Å². The number of halogens is 2. The lowest BCUT2D eigenvalue weighted by molar-refractivity contribution is 0.419. The first-order valence-corrected chi connectivity index (χ1v) is 5.18. The van der Waals surface area contributed by atoms with Crippen LogP contribution in [-0.4, -0.2) is 12.1 Å². The molecule has 0 fully saturated rings. The lowest BCUT2D eigenvalue weighted by Gasteiger charge is -2.08. The molecule has 0 bridgehead atoms. The van der Waals surface area contributed by atoms with E-state index in [1.165, 1.54) is 0 Å². The van der Waals surface area contributed by atoms with E-state index in [1.54, 1.807) is 19.2 Å². The van der Waals surface area contributed by atoms with E-state index in [0.717, 1.165) is 22.3 Å². The van der Waals surface area contributed by atoms with Gasteiger partial charge in [0.05, 0.1) is 23.0 Å². The normalized spacial score (nSPS) is 10.7. The molecule has 2 nitrogen and oxygen atoms in total. The van der Waals surface area contributed by atoms with Crippen molar-refractivity contribution < 1.29 is 4.74 Å². The van der Waals surface area contributed by atoms with E-state index in [4.69, 9.17) is 27.9 Å². The third kappa shape index (κ3) is 1.87. The average molecular weight is 242 g/mol. The fraction of sp³-hybridized carbons (Fsp3) is 0.182. The van der Waals surface area contributed by atoms with E-state index in [9.17, 15) is 0 Å². The zero-order valence-electron chi connectivity index (χ0n) is 8.34. The van der Waals surface area contributed by atoms with Crippen molar-refractivity contribution in [1.29, 1.82) is 0 Å². The van der Waals surface area contributed by atoms with Crippen LogP contribution in [0.2, 0.25) is 10.0 Å². The highest BCUT2D eigenvalue weighted by molar-refractivity contribution is 6.39. The molecule has 15 heavy (non-hydrogen) atoms. The molecule has 2 rings (SSSR count). The molecule has 78 valence electrons. The van der Waals surface area contributed by atoms with E-state index in [-0.39, 0.29) is 0 Å². The van der Waals surface area contributed by atoms with E-state index in [2.05, 4.69) is 4.98 Å². The van der Waals surface area contributed by atoms with Crippen molar-refractivity contribution in [1.82, 2.24) is 4.98 Å². The molecule has 0 unspecified atom stereocenters. The van der Waals surface area contributed by atoms with Gasteiger partial charge in [0.25, 0.3) is 0 Å². The Morgan fingerprint density at radius 2 is 1.93 bits per heavy atom. The minimum absolute atomic E-state index is 0.557. The zero-order chi connectivity index (χ0) is 11.0. The van der Waals surface area contributed by atoms with Crippen molar-refractivity contribution in [3.05, 3.63) is 33.9 Å². The van der Waals surface area contributed by atoms with Crippen molar-refractivity contribution in [3.8, 4) is 5.75 Å². The van der Waals surface area contributed by atoms with Crippen molar-refractivity contribution in [3.63, 3.8) is 0 Å². The Kier molecular flexibility index (Phi) is 2.72. The van der Waals surface area contributed by atoms with Crippen molar-refractivity contribution >= 4 is 34.1 Å². The van der Waals surface area contributed by atoms with E-state index < -0.39 is 0 Å². The summed E-state index contributed by atoms with van der Waals surface area (Å²) in [6.07, 6.45) is 0. The standard InChI is InChI=1S/C11H9Cl2NO/c1-6-3-10(15-2)11-8(13)4-7(12)5-9(11)14-6/h3-5H,1-2H3. The van der Waals surface area contributed by atoms with Gasteiger partial charge in [0.1, 0.15) is 5.75 Å². The number of aryl methyl sites for hydroxylation is 1. The monoisotopic (exact) mass is 241 g/mol. The largest absolute Gasteiger partial charge is 0.496 e. The van der Waals surface area contributed by atoms with Crippen LogP contribution in [0.1, 0.15) is 5.69 Å². The fourth-order valence-corrected chi connectivity index (χ4v) is 2.11. The third-order valence-corrected chi connectivity index (χ3v) is 2.65. The molecule has 0 aliphatic rings. The van der Waals surface area contributed by atoms with Gasteiger partial charge in [-0.1, -0.05) is 23.2 Å². The highest BCUT2D eigenvalue weighted by Crippen LogP contribution is 2.34. The molecular weight excluding hydrogens is 233 g/mol. The van der Waals surface area contributed by atoms with Crippen molar-refractivity contribution in [2.24, 2.45) is 0 Å². The number of benzene rings is 1. The van der Waals surface area contributed by atoms with Gasteiger partial charge < -0.3 is 4.74 Å². The molecule has 0 aliphatic heterocycles. The summed E-state index contributed by atoms with van der Waals surface area (Å²) in [7, 11) is 1.61. The molecule has 0 atom stereocenters. The van der Waals surface area contributed by atoms with Crippen LogP contribution in [0.5, 0.6) is 5.75 Å².